The Bertz CT molecular complexity index is 1610. The molecule has 196 valence electrons. The molecule has 0 radical (unpaired) electrons. The van der Waals surface area contributed by atoms with Gasteiger partial charge in [0.2, 0.25) is 5.13 Å². The molecular weight excluding hydrogens is 543 g/mol. The number of ketones is 1. The summed E-state index contributed by atoms with van der Waals surface area (Å²) >= 11 is 2.37. The molecule has 1 atom stereocenters. The highest BCUT2D eigenvalue weighted by molar-refractivity contribution is 8.00. The van der Waals surface area contributed by atoms with Gasteiger partial charge < -0.3 is 14.6 Å². The monoisotopic (exact) mass is 562 g/mol. The zero-order valence-corrected chi connectivity index (χ0v) is 21.7. The second-order valence-electron chi connectivity index (χ2n) is 8.54. The molecule has 0 bridgehead atoms. The number of aliphatic hydroxyl groups is 1. The van der Waals surface area contributed by atoms with E-state index in [1.807, 2.05) is 0 Å². The van der Waals surface area contributed by atoms with Crippen molar-refractivity contribution in [2.75, 3.05) is 18.1 Å². The molecule has 1 saturated heterocycles. The Morgan fingerprint density at radius 3 is 2.62 bits per heavy atom. The van der Waals surface area contributed by atoms with Crippen molar-refractivity contribution in [3.63, 3.8) is 0 Å². The average molecular weight is 563 g/mol. The predicted molar refractivity (Wildman–Crippen MR) is 142 cm³/mol. The highest BCUT2D eigenvalue weighted by Crippen LogP contribution is 2.44. The van der Waals surface area contributed by atoms with Crippen LogP contribution in [0.3, 0.4) is 0 Å². The number of ether oxygens (including phenoxy) is 2. The summed E-state index contributed by atoms with van der Waals surface area (Å²) in [4.78, 5) is 32.0. The molecule has 0 spiro atoms. The van der Waals surface area contributed by atoms with Crippen molar-refractivity contribution in [3.8, 4) is 11.5 Å². The molecular formula is C27H19FN4O5S2. The van der Waals surface area contributed by atoms with Gasteiger partial charge in [-0.2, -0.15) is 0 Å². The number of benzene rings is 2. The van der Waals surface area contributed by atoms with Gasteiger partial charge in [0.15, 0.2) is 15.8 Å². The molecule has 1 fully saturated rings. The minimum absolute atomic E-state index is 0.0985. The molecule has 2 aromatic carbocycles. The van der Waals surface area contributed by atoms with Gasteiger partial charge in [0.25, 0.3) is 5.78 Å². The lowest BCUT2D eigenvalue weighted by molar-refractivity contribution is -0.132. The lowest BCUT2D eigenvalue weighted by Crippen LogP contribution is -2.29. The highest BCUT2D eigenvalue weighted by atomic mass is 32.2. The van der Waals surface area contributed by atoms with Gasteiger partial charge in [0.05, 0.1) is 11.6 Å². The minimum Gasteiger partial charge on any atom is -0.507 e. The van der Waals surface area contributed by atoms with Crippen LogP contribution in [0.2, 0.25) is 0 Å². The summed E-state index contributed by atoms with van der Waals surface area (Å²) < 4.78 is 25.7. The quantitative estimate of drug-likeness (QED) is 0.117. The normalized spacial score (nSPS) is 18.0. The molecule has 9 nitrogen and oxygen atoms in total. The van der Waals surface area contributed by atoms with E-state index in [9.17, 15) is 19.1 Å². The number of carbonyl (C=O) groups is 2. The Kier molecular flexibility index (Phi) is 6.71. The van der Waals surface area contributed by atoms with Crippen molar-refractivity contribution in [1.82, 2.24) is 15.2 Å². The van der Waals surface area contributed by atoms with Crippen LogP contribution in [0.5, 0.6) is 11.5 Å². The smallest absolute Gasteiger partial charge is 0.301 e. The Morgan fingerprint density at radius 2 is 1.82 bits per heavy atom. The zero-order valence-electron chi connectivity index (χ0n) is 20.1. The molecule has 4 aromatic rings. The van der Waals surface area contributed by atoms with Gasteiger partial charge in [-0.05, 0) is 47.5 Å². The first-order valence-corrected chi connectivity index (χ1v) is 13.6. The van der Waals surface area contributed by atoms with Crippen LogP contribution in [-0.2, 0) is 15.3 Å². The lowest BCUT2D eigenvalue weighted by atomic mass is 9.96. The van der Waals surface area contributed by atoms with Crippen LogP contribution in [0.15, 0.2) is 76.9 Å². The summed E-state index contributed by atoms with van der Waals surface area (Å²) in [6.07, 6.45) is 3.07. The molecule has 2 aromatic heterocycles. The first-order chi connectivity index (χ1) is 19.0. The number of rotatable bonds is 6. The minimum atomic E-state index is -0.974. The van der Waals surface area contributed by atoms with E-state index in [4.69, 9.17) is 9.47 Å². The molecule has 1 N–H and O–H groups in total. The first kappa shape index (κ1) is 25.0. The van der Waals surface area contributed by atoms with Gasteiger partial charge in [-0.25, -0.2) is 4.39 Å². The Balaban J connectivity index is 1.38. The predicted octanol–water partition coefficient (Wildman–Crippen LogP) is 4.76. The van der Waals surface area contributed by atoms with Crippen LogP contribution in [0, 0.1) is 5.82 Å². The summed E-state index contributed by atoms with van der Waals surface area (Å²) in [5.41, 5.74) is 1.27. The number of aliphatic hydroxyl groups excluding tert-OH is 1. The molecule has 0 saturated carbocycles. The summed E-state index contributed by atoms with van der Waals surface area (Å²) in [5, 5.41) is 19.8. The molecule has 39 heavy (non-hydrogen) atoms. The number of pyridine rings is 1. The van der Waals surface area contributed by atoms with E-state index in [1.165, 1.54) is 35.1 Å². The summed E-state index contributed by atoms with van der Waals surface area (Å²) in [6.45, 7) is 0.765. The lowest BCUT2D eigenvalue weighted by Gasteiger charge is -2.22. The molecule has 2 aliphatic heterocycles. The summed E-state index contributed by atoms with van der Waals surface area (Å²) in [5.74, 6) is -1.11. The number of hydrogen-bond acceptors (Lipinski definition) is 10. The Labute approximate surface area is 229 Å². The van der Waals surface area contributed by atoms with Crippen molar-refractivity contribution in [1.29, 1.82) is 0 Å². The fraction of sp³-hybridized carbons (Fsp3) is 0.148. The molecule has 4 heterocycles. The molecule has 12 heteroatoms. The number of Topliss-reactive ketones (excluding diaryl/α,β-unsaturated/α-hetero) is 1. The first-order valence-electron chi connectivity index (χ1n) is 11.8. The van der Waals surface area contributed by atoms with Gasteiger partial charge in [-0.15, -0.1) is 10.2 Å². The van der Waals surface area contributed by atoms with E-state index < -0.39 is 17.7 Å². The fourth-order valence-electron chi connectivity index (χ4n) is 4.35. The van der Waals surface area contributed by atoms with Crippen LogP contribution in [0.4, 0.5) is 9.52 Å². The number of anilines is 1. The van der Waals surface area contributed by atoms with Gasteiger partial charge in [0, 0.05) is 23.7 Å². The standard InChI is InChI=1S/C27H19FN4O5S2/c28-18-4-2-1-3-17(18)14-38-27-31-30-26(39-27)32-22(15-7-9-29-10-8-15)21(24(34)25(32)35)23(33)16-5-6-19-20(13-16)37-12-11-36-19/h1-10,13,22,33H,11-12,14H2/b23-21+. The molecule has 2 aliphatic rings. The van der Waals surface area contributed by atoms with Gasteiger partial charge in [0.1, 0.15) is 24.8 Å². The zero-order chi connectivity index (χ0) is 26.9. The van der Waals surface area contributed by atoms with Crippen molar-refractivity contribution < 1.29 is 28.6 Å². The second kappa shape index (κ2) is 10.5. The van der Waals surface area contributed by atoms with E-state index in [1.54, 1.807) is 48.5 Å². The average Bonchev–Trinajstić information content (AvgIpc) is 3.54. The number of amides is 1. The molecule has 0 aliphatic carbocycles. The van der Waals surface area contributed by atoms with Crippen molar-refractivity contribution >= 4 is 45.7 Å². The van der Waals surface area contributed by atoms with E-state index in [2.05, 4.69) is 15.2 Å². The maximum absolute atomic E-state index is 14.0. The molecule has 1 unspecified atom stereocenters. The van der Waals surface area contributed by atoms with Crippen molar-refractivity contribution in [3.05, 3.63) is 95.1 Å². The van der Waals surface area contributed by atoms with E-state index >= 15 is 0 Å². The van der Waals surface area contributed by atoms with Crippen LogP contribution in [0.1, 0.15) is 22.7 Å². The number of aromatic nitrogens is 3. The molecule has 6 rings (SSSR count). The number of thioether (sulfide) groups is 1. The van der Waals surface area contributed by atoms with Crippen molar-refractivity contribution in [2.45, 2.75) is 16.1 Å². The van der Waals surface area contributed by atoms with E-state index in [0.717, 1.165) is 11.3 Å². The third-order valence-electron chi connectivity index (χ3n) is 6.19. The SMILES string of the molecule is O=C1C(=O)N(c2nnc(SCc3ccccc3F)s2)C(c2ccncc2)/C1=C(\O)c1ccc2c(c1)OCCO2. The third-order valence-corrected chi connectivity index (χ3v) is 8.30. The van der Waals surface area contributed by atoms with Crippen LogP contribution < -0.4 is 14.4 Å². The Hall–Kier alpha value is -4.29. The van der Waals surface area contributed by atoms with E-state index in [0.29, 0.717) is 51.5 Å². The summed E-state index contributed by atoms with van der Waals surface area (Å²) in [6, 6.07) is 13.6. The number of carbonyl (C=O) groups excluding carboxylic acids is 2. The van der Waals surface area contributed by atoms with Crippen LogP contribution in [0.25, 0.3) is 5.76 Å². The number of hydrogen-bond donors (Lipinski definition) is 1. The van der Waals surface area contributed by atoms with Crippen LogP contribution >= 0.6 is 23.1 Å². The van der Waals surface area contributed by atoms with Crippen LogP contribution in [-0.4, -0.2) is 45.2 Å². The number of halogens is 1. The van der Waals surface area contributed by atoms with Gasteiger partial charge >= 0.3 is 5.91 Å². The largest absolute Gasteiger partial charge is 0.507 e. The topological polar surface area (TPSA) is 115 Å². The summed E-state index contributed by atoms with van der Waals surface area (Å²) in [7, 11) is 0. The second-order valence-corrected chi connectivity index (χ2v) is 10.7. The van der Waals surface area contributed by atoms with Crippen molar-refractivity contribution in [2.24, 2.45) is 0 Å². The fourth-order valence-corrected chi connectivity index (χ4v) is 6.20. The molecule has 1 amide bonds. The van der Waals surface area contributed by atoms with Gasteiger partial charge in [-0.3, -0.25) is 19.5 Å². The number of fused-ring (bicyclic) bond motifs is 1. The maximum Gasteiger partial charge on any atom is 0.301 e. The third kappa shape index (κ3) is 4.72. The van der Waals surface area contributed by atoms with Gasteiger partial charge in [-0.1, -0.05) is 41.3 Å². The maximum atomic E-state index is 14.0. The highest BCUT2D eigenvalue weighted by Gasteiger charge is 2.48. The number of nitrogens with zero attached hydrogens (tertiary/aromatic N) is 4. The van der Waals surface area contributed by atoms with E-state index in [-0.39, 0.29) is 22.3 Å². The Morgan fingerprint density at radius 1 is 1.05 bits per heavy atom.